The zero-order valence-corrected chi connectivity index (χ0v) is 15.3. The van der Waals surface area contributed by atoms with Crippen LogP contribution in [-0.2, 0) is 9.53 Å². The number of ether oxygens (including phenoxy) is 1. The molecule has 0 N–H and O–H groups in total. The first kappa shape index (κ1) is 18.8. The molecule has 0 aliphatic carbocycles. The van der Waals surface area contributed by atoms with Crippen LogP contribution in [0.4, 0.5) is 0 Å². The van der Waals surface area contributed by atoms with Gasteiger partial charge in [-0.25, -0.2) is 4.79 Å². The Morgan fingerprint density at radius 1 is 0.920 bits per heavy atom. The van der Waals surface area contributed by atoms with E-state index in [2.05, 4.69) is 0 Å². The Kier molecular flexibility index (Phi) is 6.42. The summed E-state index contributed by atoms with van der Waals surface area (Å²) in [5.74, 6) is -0.974. The van der Waals surface area contributed by atoms with E-state index >= 15 is 0 Å². The molecule has 0 aliphatic rings. The zero-order valence-electron chi connectivity index (χ0n) is 14.5. The van der Waals surface area contributed by atoms with Crippen molar-refractivity contribution < 1.29 is 14.3 Å². The van der Waals surface area contributed by atoms with Crippen LogP contribution in [0.2, 0.25) is 0 Å². The maximum Gasteiger partial charge on any atom is 0.329 e. The van der Waals surface area contributed by atoms with Crippen LogP contribution >= 0.6 is 12.2 Å². The molecule has 5 heteroatoms. The fourth-order valence-electron chi connectivity index (χ4n) is 2.58. The minimum Gasteiger partial charge on any atom is -0.467 e. The van der Waals surface area contributed by atoms with Gasteiger partial charge in [-0.1, -0.05) is 74.6 Å². The van der Waals surface area contributed by atoms with Crippen molar-refractivity contribution in [3.8, 4) is 0 Å². The molecule has 2 rings (SSSR count). The van der Waals surface area contributed by atoms with Gasteiger partial charge in [0.05, 0.1) is 7.11 Å². The van der Waals surface area contributed by atoms with Crippen molar-refractivity contribution in [3.63, 3.8) is 0 Å². The van der Waals surface area contributed by atoms with E-state index in [9.17, 15) is 9.59 Å². The molecule has 1 atom stereocenters. The number of benzene rings is 2. The first-order chi connectivity index (χ1) is 12.0. The van der Waals surface area contributed by atoms with Gasteiger partial charge in [-0.3, -0.25) is 9.69 Å². The van der Waals surface area contributed by atoms with Gasteiger partial charge >= 0.3 is 5.97 Å². The van der Waals surface area contributed by atoms with Crippen LogP contribution in [0.3, 0.4) is 0 Å². The number of hydrogen-bond acceptors (Lipinski definition) is 4. The number of amides is 1. The Bertz CT molecular complexity index is 693. The maximum atomic E-state index is 13.2. The molecule has 1 amide bonds. The molecule has 130 valence electrons. The third-order valence-corrected chi connectivity index (χ3v) is 4.26. The zero-order chi connectivity index (χ0) is 18.4. The number of esters is 1. The molecule has 2 aromatic carbocycles. The number of hydrogen-bond donors (Lipinski definition) is 0. The lowest BCUT2D eigenvalue weighted by Crippen LogP contribution is -2.51. The van der Waals surface area contributed by atoms with Gasteiger partial charge in [-0.15, -0.1) is 0 Å². The topological polar surface area (TPSA) is 46.6 Å². The molecule has 0 aliphatic heterocycles. The molecule has 25 heavy (non-hydrogen) atoms. The van der Waals surface area contributed by atoms with Gasteiger partial charge in [0.25, 0.3) is 5.91 Å². The summed E-state index contributed by atoms with van der Waals surface area (Å²) >= 11 is 5.58. The highest BCUT2D eigenvalue weighted by Gasteiger charge is 2.36. The molecule has 0 saturated carbocycles. The second-order valence-corrected chi connectivity index (χ2v) is 6.31. The molecule has 0 bridgehead atoms. The third kappa shape index (κ3) is 4.31. The number of carbonyl (C=O) groups is 2. The molecular weight excluding hydrogens is 334 g/mol. The van der Waals surface area contributed by atoms with Gasteiger partial charge in [0.2, 0.25) is 0 Å². The molecule has 0 saturated heterocycles. The molecular formula is C20H21NO3S. The number of carbonyl (C=O) groups excluding carboxylic acids is 2. The molecule has 0 spiro atoms. The summed E-state index contributed by atoms with van der Waals surface area (Å²) in [6, 6.07) is 17.2. The summed E-state index contributed by atoms with van der Waals surface area (Å²) in [7, 11) is 1.31. The molecule has 2 aromatic rings. The van der Waals surface area contributed by atoms with E-state index < -0.39 is 12.0 Å². The van der Waals surface area contributed by atoms with Crippen molar-refractivity contribution in [1.29, 1.82) is 0 Å². The quantitative estimate of drug-likeness (QED) is 0.606. The summed E-state index contributed by atoms with van der Waals surface area (Å²) in [6.07, 6.45) is 0. The van der Waals surface area contributed by atoms with Crippen LogP contribution in [0.1, 0.15) is 29.8 Å². The van der Waals surface area contributed by atoms with Crippen molar-refractivity contribution >= 4 is 29.1 Å². The Morgan fingerprint density at radius 2 is 1.40 bits per heavy atom. The van der Waals surface area contributed by atoms with Gasteiger partial charge in [0.15, 0.2) is 0 Å². The van der Waals surface area contributed by atoms with Crippen LogP contribution in [0, 0.1) is 5.92 Å². The predicted molar refractivity (Wildman–Crippen MR) is 101 cm³/mol. The Labute approximate surface area is 153 Å². The first-order valence-electron chi connectivity index (χ1n) is 8.03. The number of nitrogens with zero attached hydrogens (tertiary/aromatic N) is 1. The van der Waals surface area contributed by atoms with Crippen LogP contribution in [-0.4, -0.2) is 34.9 Å². The SMILES string of the molecule is COC(=O)[C@H](C(C)C)N(C(=O)c1ccccc1)C(=S)c1ccccc1. The third-order valence-electron chi connectivity index (χ3n) is 3.83. The lowest BCUT2D eigenvalue weighted by molar-refractivity contribution is -0.146. The molecule has 0 unspecified atom stereocenters. The maximum absolute atomic E-state index is 13.2. The van der Waals surface area contributed by atoms with Crippen LogP contribution in [0.15, 0.2) is 60.7 Å². The van der Waals surface area contributed by atoms with E-state index in [0.29, 0.717) is 16.1 Å². The van der Waals surface area contributed by atoms with E-state index in [1.165, 1.54) is 12.0 Å². The van der Waals surface area contributed by atoms with Crippen LogP contribution in [0.25, 0.3) is 0 Å². The second-order valence-electron chi connectivity index (χ2n) is 5.92. The van der Waals surface area contributed by atoms with E-state index in [4.69, 9.17) is 17.0 Å². The van der Waals surface area contributed by atoms with Crippen molar-refractivity contribution in [2.24, 2.45) is 5.92 Å². The Balaban J connectivity index is 2.52. The summed E-state index contributed by atoms with van der Waals surface area (Å²) in [6.45, 7) is 3.72. The summed E-state index contributed by atoms with van der Waals surface area (Å²) in [4.78, 5) is 27.2. The minimum atomic E-state index is -0.801. The highest BCUT2D eigenvalue weighted by molar-refractivity contribution is 7.80. The van der Waals surface area contributed by atoms with E-state index in [-0.39, 0.29) is 11.8 Å². The molecule has 0 heterocycles. The van der Waals surface area contributed by atoms with Gasteiger partial charge < -0.3 is 4.74 Å². The summed E-state index contributed by atoms with van der Waals surface area (Å²) < 4.78 is 4.93. The Morgan fingerprint density at radius 3 is 1.84 bits per heavy atom. The smallest absolute Gasteiger partial charge is 0.329 e. The standard InChI is InChI=1S/C20H21NO3S/c1-14(2)17(20(23)24-3)21(18(22)15-10-6-4-7-11-15)19(25)16-12-8-5-9-13-16/h4-14,17H,1-3H3/t17-/m0/s1. The average Bonchev–Trinajstić information content (AvgIpc) is 2.65. The average molecular weight is 355 g/mol. The minimum absolute atomic E-state index is 0.165. The first-order valence-corrected chi connectivity index (χ1v) is 8.44. The number of rotatable bonds is 5. The van der Waals surface area contributed by atoms with E-state index in [0.717, 1.165) is 0 Å². The van der Waals surface area contributed by atoms with Crippen molar-refractivity contribution in [2.45, 2.75) is 19.9 Å². The lowest BCUT2D eigenvalue weighted by Gasteiger charge is -2.32. The largest absolute Gasteiger partial charge is 0.467 e. The fourth-order valence-corrected chi connectivity index (χ4v) is 2.91. The van der Waals surface area contributed by atoms with E-state index in [1.807, 2.05) is 50.2 Å². The van der Waals surface area contributed by atoms with E-state index in [1.54, 1.807) is 24.3 Å². The van der Waals surface area contributed by atoms with Gasteiger partial charge in [-0.05, 0) is 18.1 Å². The second kappa shape index (κ2) is 8.53. The van der Waals surface area contributed by atoms with Crippen molar-refractivity contribution in [3.05, 3.63) is 71.8 Å². The fraction of sp³-hybridized carbons (Fsp3) is 0.250. The number of thiocarbonyl (C=S) groups is 1. The summed E-state index contributed by atoms with van der Waals surface area (Å²) in [5, 5.41) is 0. The monoisotopic (exact) mass is 355 g/mol. The van der Waals surface area contributed by atoms with Crippen LogP contribution in [0.5, 0.6) is 0 Å². The predicted octanol–water partition coefficient (Wildman–Crippen LogP) is 3.70. The van der Waals surface area contributed by atoms with Crippen molar-refractivity contribution in [1.82, 2.24) is 4.90 Å². The van der Waals surface area contributed by atoms with Crippen LogP contribution < -0.4 is 0 Å². The summed E-state index contributed by atoms with van der Waals surface area (Å²) in [5.41, 5.74) is 1.17. The highest BCUT2D eigenvalue weighted by atomic mass is 32.1. The molecule has 4 nitrogen and oxygen atoms in total. The van der Waals surface area contributed by atoms with Crippen molar-refractivity contribution in [2.75, 3.05) is 7.11 Å². The van der Waals surface area contributed by atoms with Gasteiger partial charge in [-0.2, -0.15) is 0 Å². The lowest BCUT2D eigenvalue weighted by atomic mass is 10.00. The van der Waals surface area contributed by atoms with Gasteiger partial charge in [0.1, 0.15) is 11.0 Å². The molecule has 0 aromatic heterocycles. The Hall–Kier alpha value is -2.53. The highest BCUT2D eigenvalue weighted by Crippen LogP contribution is 2.20. The number of methoxy groups -OCH3 is 1. The van der Waals surface area contributed by atoms with Gasteiger partial charge in [0, 0.05) is 11.1 Å². The normalized spacial score (nSPS) is 11.7. The molecule has 0 fully saturated rings. The molecule has 0 radical (unpaired) electrons.